The number of nitrogens with one attached hydrogen (secondary N) is 1. The molecule has 40 heavy (non-hydrogen) atoms. The number of nitrogens with zero attached hydrogens (tertiary/aromatic N) is 2. The topological polar surface area (TPSA) is 96.0 Å². The Morgan fingerprint density at radius 3 is 2.52 bits per heavy atom. The Hall–Kier alpha value is -3.69. The van der Waals surface area contributed by atoms with E-state index in [1.807, 2.05) is 55.5 Å². The Morgan fingerprint density at radius 1 is 0.975 bits per heavy atom. The molecule has 5 rings (SSSR count). The maximum Gasteiger partial charge on any atom is 0.262 e. The van der Waals surface area contributed by atoms with Crippen molar-refractivity contribution in [3.8, 4) is 5.75 Å². The summed E-state index contributed by atoms with van der Waals surface area (Å²) in [5.74, 6) is -0.549. The van der Waals surface area contributed by atoms with Gasteiger partial charge >= 0.3 is 0 Å². The van der Waals surface area contributed by atoms with Crippen molar-refractivity contribution in [2.75, 3.05) is 31.1 Å². The molecule has 2 aliphatic heterocycles. The van der Waals surface area contributed by atoms with Crippen molar-refractivity contribution in [1.82, 2.24) is 9.62 Å². The number of sulfonamides is 1. The fraction of sp³-hybridized carbons (Fsp3) is 0.355. The van der Waals surface area contributed by atoms with Crippen LogP contribution in [0.3, 0.4) is 0 Å². The van der Waals surface area contributed by atoms with Crippen molar-refractivity contribution >= 4 is 27.5 Å². The highest BCUT2D eigenvalue weighted by Crippen LogP contribution is 2.36. The lowest BCUT2D eigenvalue weighted by molar-refractivity contribution is -0.129. The number of piperidine rings is 1. The summed E-state index contributed by atoms with van der Waals surface area (Å²) < 4.78 is 34.6. The summed E-state index contributed by atoms with van der Waals surface area (Å²) in [6, 6.07) is 22.4. The van der Waals surface area contributed by atoms with E-state index in [4.69, 9.17) is 4.74 Å². The van der Waals surface area contributed by atoms with E-state index in [9.17, 15) is 18.0 Å². The third kappa shape index (κ3) is 5.90. The van der Waals surface area contributed by atoms with Gasteiger partial charge in [0.05, 0.1) is 23.0 Å². The number of amides is 2. The van der Waals surface area contributed by atoms with Crippen molar-refractivity contribution < 1.29 is 22.7 Å². The van der Waals surface area contributed by atoms with E-state index < -0.39 is 22.0 Å². The normalized spacial score (nSPS) is 19.4. The van der Waals surface area contributed by atoms with Crippen molar-refractivity contribution in [1.29, 1.82) is 0 Å². The molecule has 3 aromatic rings. The number of ether oxygens (including phenoxy) is 1. The molecule has 1 saturated heterocycles. The lowest BCUT2D eigenvalue weighted by Gasteiger charge is -2.38. The smallest absolute Gasteiger partial charge is 0.262 e. The van der Waals surface area contributed by atoms with E-state index in [0.29, 0.717) is 49.4 Å². The van der Waals surface area contributed by atoms with E-state index in [1.54, 1.807) is 36.1 Å². The first-order chi connectivity index (χ1) is 19.2. The number of anilines is 1. The van der Waals surface area contributed by atoms with E-state index in [0.717, 1.165) is 11.1 Å². The molecule has 0 aromatic heterocycles. The molecule has 8 nitrogen and oxygen atoms in total. The van der Waals surface area contributed by atoms with E-state index in [-0.39, 0.29) is 29.8 Å². The molecule has 0 saturated carbocycles. The second-order valence-electron chi connectivity index (χ2n) is 10.5. The van der Waals surface area contributed by atoms with Gasteiger partial charge in [-0.05, 0) is 68.0 Å². The maximum atomic E-state index is 13.9. The maximum absolute atomic E-state index is 13.9. The molecule has 2 aliphatic rings. The monoisotopic (exact) mass is 561 g/mol. The first kappa shape index (κ1) is 27.9. The highest BCUT2D eigenvalue weighted by molar-refractivity contribution is 7.89. The van der Waals surface area contributed by atoms with E-state index >= 15 is 0 Å². The Kier molecular flexibility index (Phi) is 8.23. The zero-order valence-electron chi connectivity index (χ0n) is 22.9. The van der Waals surface area contributed by atoms with Crippen LogP contribution in [-0.4, -0.2) is 56.8 Å². The SMILES string of the molecule is Cc1ccc(C)c(S(=O)(=O)N2CCCC(C(=O)N3CC(C(=O)NCCc4ccccc4)Oc4ccccc43)C2)c1. The minimum Gasteiger partial charge on any atom is -0.477 e. The lowest BCUT2D eigenvalue weighted by Crippen LogP contribution is -2.54. The molecular formula is C31H35N3O5S. The number of fused-ring (bicyclic) bond motifs is 1. The summed E-state index contributed by atoms with van der Waals surface area (Å²) in [6.45, 7) is 4.63. The van der Waals surface area contributed by atoms with Crippen LogP contribution in [0.1, 0.15) is 29.5 Å². The minimum absolute atomic E-state index is 0.0628. The highest BCUT2D eigenvalue weighted by Gasteiger charge is 2.40. The van der Waals surface area contributed by atoms with E-state index in [1.165, 1.54) is 4.31 Å². The predicted molar refractivity (Wildman–Crippen MR) is 154 cm³/mol. The summed E-state index contributed by atoms with van der Waals surface area (Å²) in [5, 5.41) is 2.94. The molecule has 9 heteroatoms. The molecule has 3 aromatic carbocycles. The number of hydrogen-bond acceptors (Lipinski definition) is 5. The first-order valence-corrected chi connectivity index (χ1v) is 15.1. The summed E-state index contributed by atoms with van der Waals surface area (Å²) in [7, 11) is -3.76. The fourth-order valence-electron chi connectivity index (χ4n) is 5.38. The van der Waals surface area contributed by atoms with Crippen molar-refractivity contribution in [3.05, 3.63) is 89.5 Å². The number of carbonyl (C=O) groups is 2. The van der Waals surface area contributed by atoms with Crippen LogP contribution in [0.15, 0.2) is 77.7 Å². The van der Waals surface area contributed by atoms with Gasteiger partial charge in [0.15, 0.2) is 6.10 Å². The molecule has 0 radical (unpaired) electrons. The Balaban J connectivity index is 1.31. The van der Waals surface area contributed by atoms with Gasteiger partial charge in [-0.25, -0.2) is 8.42 Å². The molecule has 2 heterocycles. The fourth-order valence-corrected chi connectivity index (χ4v) is 7.21. The number of benzene rings is 3. The number of carbonyl (C=O) groups excluding carboxylic acids is 2. The van der Waals surface area contributed by atoms with Gasteiger partial charge in [-0.1, -0.05) is 54.6 Å². The molecule has 2 amide bonds. The van der Waals surface area contributed by atoms with Crippen molar-refractivity contribution in [2.24, 2.45) is 5.92 Å². The second-order valence-corrected chi connectivity index (χ2v) is 12.4. The van der Waals surface area contributed by atoms with E-state index in [2.05, 4.69) is 5.32 Å². The van der Waals surface area contributed by atoms with Crippen LogP contribution in [-0.2, 0) is 26.0 Å². The molecule has 0 bridgehead atoms. The van der Waals surface area contributed by atoms with Gasteiger partial charge in [0.25, 0.3) is 5.91 Å². The summed E-state index contributed by atoms with van der Waals surface area (Å²) in [6.07, 6.45) is 0.972. The standard InChI is InChI=1S/C31H35N3O5S/c1-22-14-15-23(2)29(19-22)40(37,38)33-18-8-11-25(20-33)31(36)34-21-28(39-27-13-7-6-12-26(27)34)30(35)32-17-16-24-9-4-3-5-10-24/h3-7,9-10,12-15,19,25,28H,8,11,16-18,20-21H2,1-2H3,(H,32,35). The third-order valence-electron chi connectivity index (χ3n) is 7.58. The molecule has 210 valence electrons. The van der Waals surface area contributed by atoms with Gasteiger partial charge in [0, 0.05) is 19.6 Å². The molecule has 1 N–H and O–H groups in total. The van der Waals surface area contributed by atoms with Gasteiger partial charge in [-0.2, -0.15) is 4.31 Å². The Bertz CT molecular complexity index is 1490. The summed E-state index contributed by atoms with van der Waals surface area (Å²) in [4.78, 5) is 28.9. The minimum atomic E-state index is -3.76. The molecule has 1 fully saturated rings. The van der Waals surface area contributed by atoms with Crippen molar-refractivity contribution in [3.63, 3.8) is 0 Å². The van der Waals surface area contributed by atoms with Crippen LogP contribution in [0.25, 0.3) is 0 Å². The Labute approximate surface area is 236 Å². The average Bonchev–Trinajstić information content (AvgIpc) is 2.98. The summed E-state index contributed by atoms with van der Waals surface area (Å²) in [5.41, 5.74) is 3.26. The number of rotatable bonds is 7. The molecule has 0 aliphatic carbocycles. The number of aryl methyl sites for hydroxylation is 2. The highest BCUT2D eigenvalue weighted by atomic mass is 32.2. The van der Waals surface area contributed by atoms with Gasteiger partial charge in [-0.15, -0.1) is 0 Å². The zero-order valence-corrected chi connectivity index (χ0v) is 23.7. The lowest BCUT2D eigenvalue weighted by atomic mass is 9.97. The first-order valence-electron chi connectivity index (χ1n) is 13.7. The molecule has 2 unspecified atom stereocenters. The van der Waals surface area contributed by atoms with Crippen LogP contribution in [0.4, 0.5) is 5.69 Å². The van der Waals surface area contributed by atoms with Crippen LogP contribution in [0.2, 0.25) is 0 Å². The third-order valence-corrected chi connectivity index (χ3v) is 9.59. The molecule has 0 spiro atoms. The predicted octanol–water partition coefficient (Wildman–Crippen LogP) is 3.86. The van der Waals surface area contributed by atoms with Gasteiger partial charge in [-0.3, -0.25) is 9.59 Å². The molecular weight excluding hydrogens is 526 g/mol. The van der Waals surface area contributed by atoms with Gasteiger partial charge in [0.1, 0.15) is 5.75 Å². The van der Waals surface area contributed by atoms with Crippen LogP contribution >= 0.6 is 0 Å². The van der Waals surface area contributed by atoms with Gasteiger partial charge in [0.2, 0.25) is 15.9 Å². The average molecular weight is 562 g/mol. The number of para-hydroxylation sites is 2. The molecule has 2 atom stereocenters. The quantitative estimate of drug-likeness (QED) is 0.473. The van der Waals surface area contributed by atoms with Crippen LogP contribution < -0.4 is 15.0 Å². The van der Waals surface area contributed by atoms with Crippen LogP contribution in [0, 0.1) is 19.8 Å². The Morgan fingerprint density at radius 2 is 1.73 bits per heavy atom. The van der Waals surface area contributed by atoms with Crippen LogP contribution in [0.5, 0.6) is 5.75 Å². The second kappa shape index (κ2) is 11.8. The van der Waals surface area contributed by atoms with Gasteiger partial charge < -0.3 is 15.0 Å². The largest absolute Gasteiger partial charge is 0.477 e. The zero-order chi connectivity index (χ0) is 28.3. The van der Waals surface area contributed by atoms with Crippen molar-refractivity contribution in [2.45, 2.75) is 44.1 Å². The number of hydrogen-bond donors (Lipinski definition) is 1. The summed E-state index contributed by atoms with van der Waals surface area (Å²) >= 11 is 0.